The molecular formula is C22H25BrFN3O. The van der Waals surface area contributed by atoms with Gasteiger partial charge in [0.1, 0.15) is 16.9 Å². The van der Waals surface area contributed by atoms with Crippen molar-refractivity contribution >= 4 is 26.8 Å². The summed E-state index contributed by atoms with van der Waals surface area (Å²) in [7, 11) is 0. The van der Waals surface area contributed by atoms with Gasteiger partial charge in [-0.25, -0.2) is 14.4 Å². The lowest BCUT2D eigenvalue weighted by Gasteiger charge is -2.31. The number of benzene rings is 1. The van der Waals surface area contributed by atoms with Crippen molar-refractivity contribution in [2.24, 2.45) is 0 Å². The van der Waals surface area contributed by atoms with Crippen LogP contribution in [0, 0.1) is 20.8 Å². The van der Waals surface area contributed by atoms with Gasteiger partial charge in [0.2, 0.25) is 5.95 Å². The van der Waals surface area contributed by atoms with Crippen molar-refractivity contribution in [3.63, 3.8) is 0 Å². The van der Waals surface area contributed by atoms with E-state index in [1.807, 2.05) is 37.5 Å². The summed E-state index contributed by atoms with van der Waals surface area (Å²) in [5.74, 6) is 1.38. The normalized spacial score (nSPS) is 22.6. The van der Waals surface area contributed by atoms with Crippen LogP contribution in [0.15, 0.2) is 28.7 Å². The van der Waals surface area contributed by atoms with Gasteiger partial charge in [0.15, 0.2) is 0 Å². The second-order valence-corrected chi connectivity index (χ2v) is 9.01. The Morgan fingerprint density at radius 3 is 2.39 bits per heavy atom. The Bertz CT molecular complexity index is 1010. The van der Waals surface area contributed by atoms with Gasteiger partial charge in [0, 0.05) is 21.2 Å². The van der Waals surface area contributed by atoms with Crippen LogP contribution in [0.2, 0.25) is 0 Å². The molecule has 0 amide bonds. The van der Waals surface area contributed by atoms with Crippen LogP contribution < -0.4 is 4.74 Å². The smallest absolute Gasteiger partial charge is 0.235 e. The molecule has 0 unspecified atom stereocenters. The van der Waals surface area contributed by atoms with Gasteiger partial charge in [-0.05, 0) is 77.6 Å². The van der Waals surface area contributed by atoms with Gasteiger partial charge >= 0.3 is 0 Å². The lowest BCUT2D eigenvalue weighted by Crippen LogP contribution is -2.31. The topological polar surface area (TPSA) is 39.9 Å². The number of rotatable bonds is 3. The van der Waals surface area contributed by atoms with E-state index < -0.39 is 5.67 Å². The van der Waals surface area contributed by atoms with Crippen LogP contribution >= 0.6 is 15.9 Å². The van der Waals surface area contributed by atoms with Crippen molar-refractivity contribution in [3.05, 3.63) is 45.8 Å². The number of alkyl halides is 1. The lowest BCUT2D eigenvalue weighted by molar-refractivity contribution is 0.0585. The average molecular weight is 446 g/mol. The maximum atomic E-state index is 14.2. The molecule has 4 nitrogen and oxygen atoms in total. The summed E-state index contributed by atoms with van der Waals surface area (Å²) in [5, 5.41) is 0.960. The Hall–Kier alpha value is -1.95. The van der Waals surface area contributed by atoms with E-state index in [1.165, 1.54) is 0 Å². The highest BCUT2D eigenvalue weighted by atomic mass is 79.9. The molecule has 1 aromatic carbocycles. The first-order valence-electron chi connectivity index (χ1n) is 9.72. The van der Waals surface area contributed by atoms with Crippen LogP contribution in [0.4, 0.5) is 4.39 Å². The fourth-order valence-electron chi connectivity index (χ4n) is 3.96. The molecule has 148 valence electrons. The summed E-state index contributed by atoms with van der Waals surface area (Å²) in [6.45, 7) is 7.77. The first kappa shape index (κ1) is 19.4. The molecule has 0 radical (unpaired) electrons. The number of fused-ring (bicyclic) bond motifs is 1. The molecule has 4 rings (SSSR count). The van der Waals surface area contributed by atoms with E-state index in [2.05, 4.69) is 28.1 Å². The minimum absolute atomic E-state index is 0.00935. The molecule has 1 aliphatic carbocycles. The number of halogens is 2. The van der Waals surface area contributed by atoms with Gasteiger partial charge in [-0.2, -0.15) is 0 Å². The van der Waals surface area contributed by atoms with Crippen molar-refractivity contribution in [1.82, 2.24) is 14.5 Å². The van der Waals surface area contributed by atoms with Crippen LogP contribution in [0.3, 0.4) is 0 Å². The Balaban J connectivity index is 1.78. The minimum atomic E-state index is -1.07. The molecule has 0 aliphatic heterocycles. The van der Waals surface area contributed by atoms with Gasteiger partial charge in [-0.15, -0.1) is 0 Å². The Kier molecular flexibility index (Phi) is 4.94. The van der Waals surface area contributed by atoms with Crippen molar-refractivity contribution in [2.45, 2.75) is 65.2 Å². The van der Waals surface area contributed by atoms with E-state index in [0.29, 0.717) is 31.6 Å². The van der Waals surface area contributed by atoms with Crippen molar-refractivity contribution in [3.8, 4) is 11.7 Å². The van der Waals surface area contributed by atoms with E-state index in [1.54, 1.807) is 6.92 Å². The van der Waals surface area contributed by atoms with Crippen LogP contribution in [0.1, 0.15) is 49.7 Å². The first-order valence-corrected chi connectivity index (χ1v) is 10.5. The SMILES string of the molecule is Cc1nc(-n2c(C)ccc2C)nc2c(OC3CCC(C)(F)CC3)cc(Br)cc12. The molecule has 0 atom stereocenters. The van der Waals surface area contributed by atoms with Gasteiger partial charge in [0.05, 0.1) is 11.8 Å². The summed E-state index contributed by atoms with van der Waals surface area (Å²) in [6, 6.07) is 8.10. The Morgan fingerprint density at radius 1 is 1.11 bits per heavy atom. The summed E-state index contributed by atoms with van der Waals surface area (Å²) in [5.41, 5.74) is 2.80. The van der Waals surface area contributed by atoms with Crippen molar-refractivity contribution < 1.29 is 9.13 Å². The highest BCUT2D eigenvalue weighted by Gasteiger charge is 2.32. The van der Waals surface area contributed by atoms with Crippen molar-refractivity contribution in [2.75, 3.05) is 0 Å². The second kappa shape index (κ2) is 7.14. The number of nitrogens with zero attached hydrogens (tertiary/aromatic N) is 3. The molecule has 0 saturated heterocycles. The maximum absolute atomic E-state index is 14.2. The fourth-order valence-corrected chi connectivity index (χ4v) is 4.40. The van der Waals surface area contributed by atoms with E-state index in [0.717, 1.165) is 38.2 Å². The van der Waals surface area contributed by atoms with Crippen LogP contribution in [0.25, 0.3) is 16.9 Å². The summed E-state index contributed by atoms with van der Waals surface area (Å²) < 4.78 is 23.5. The molecule has 28 heavy (non-hydrogen) atoms. The molecule has 0 bridgehead atoms. The first-order chi connectivity index (χ1) is 13.2. The molecule has 2 heterocycles. The lowest BCUT2D eigenvalue weighted by atomic mass is 9.86. The molecule has 1 aliphatic rings. The molecular weight excluding hydrogens is 421 g/mol. The zero-order chi connectivity index (χ0) is 20.1. The van der Waals surface area contributed by atoms with Crippen LogP contribution in [-0.2, 0) is 0 Å². The number of aromatic nitrogens is 3. The molecule has 1 saturated carbocycles. The fraction of sp³-hybridized carbons (Fsp3) is 0.455. The zero-order valence-electron chi connectivity index (χ0n) is 16.7. The molecule has 0 spiro atoms. The van der Waals surface area contributed by atoms with Crippen LogP contribution in [-0.4, -0.2) is 26.3 Å². The second-order valence-electron chi connectivity index (χ2n) is 8.09. The quantitative estimate of drug-likeness (QED) is 0.484. The number of hydrogen-bond acceptors (Lipinski definition) is 3. The monoisotopic (exact) mass is 445 g/mol. The number of aryl methyl sites for hydroxylation is 3. The molecule has 6 heteroatoms. The van der Waals surface area contributed by atoms with Gasteiger partial charge in [-0.3, -0.25) is 4.57 Å². The van der Waals surface area contributed by atoms with Crippen LogP contribution in [0.5, 0.6) is 5.75 Å². The summed E-state index contributed by atoms with van der Waals surface area (Å²) in [4.78, 5) is 9.61. The van der Waals surface area contributed by atoms with E-state index in [-0.39, 0.29) is 6.10 Å². The van der Waals surface area contributed by atoms with E-state index in [4.69, 9.17) is 14.7 Å². The molecule has 2 aromatic heterocycles. The largest absolute Gasteiger partial charge is 0.488 e. The highest BCUT2D eigenvalue weighted by Crippen LogP contribution is 2.36. The predicted molar refractivity (Wildman–Crippen MR) is 113 cm³/mol. The third-order valence-electron chi connectivity index (χ3n) is 5.65. The zero-order valence-corrected chi connectivity index (χ0v) is 18.3. The Morgan fingerprint density at radius 2 is 1.75 bits per heavy atom. The highest BCUT2D eigenvalue weighted by molar-refractivity contribution is 9.10. The van der Waals surface area contributed by atoms with E-state index >= 15 is 0 Å². The third kappa shape index (κ3) is 3.66. The van der Waals surface area contributed by atoms with Gasteiger partial charge in [0.25, 0.3) is 0 Å². The third-order valence-corrected chi connectivity index (χ3v) is 6.11. The summed E-state index contributed by atoms with van der Waals surface area (Å²) >= 11 is 3.58. The average Bonchev–Trinajstić information content (AvgIpc) is 2.96. The van der Waals surface area contributed by atoms with Crippen molar-refractivity contribution in [1.29, 1.82) is 0 Å². The standard InChI is InChI=1S/C22H25BrFN3O/c1-13-5-6-14(2)27(13)21-25-15(3)18-11-16(23)12-19(20(18)26-21)28-17-7-9-22(4,24)10-8-17/h5-6,11-12,17H,7-10H2,1-4H3. The molecule has 1 fully saturated rings. The van der Waals surface area contributed by atoms with Gasteiger partial charge in [-0.1, -0.05) is 15.9 Å². The predicted octanol–water partition coefficient (Wildman–Crippen LogP) is 6.16. The van der Waals surface area contributed by atoms with E-state index in [9.17, 15) is 4.39 Å². The maximum Gasteiger partial charge on any atom is 0.235 e. The van der Waals surface area contributed by atoms with Gasteiger partial charge < -0.3 is 4.74 Å². The minimum Gasteiger partial charge on any atom is -0.488 e. The number of hydrogen-bond donors (Lipinski definition) is 0. The molecule has 0 N–H and O–H groups in total. The summed E-state index contributed by atoms with van der Waals surface area (Å²) in [6.07, 6.45) is 2.51. The molecule has 3 aromatic rings. The Labute approximate surface area is 173 Å². The number of ether oxygens (including phenoxy) is 1.